The Morgan fingerprint density at radius 3 is 2.92 bits per heavy atom. The van der Waals surface area contributed by atoms with Crippen molar-refractivity contribution < 1.29 is 19.1 Å². The molecule has 0 saturated carbocycles. The van der Waals surface area contributed by atoms with Crippen LogP contribution in [0.5, 0.6) is 5.75 Å². The van der Waals surface area contributed by atoms with E-state index in [-0.39, 0.29) is 18.0 Å². The number of hydrogen-bond acceptors (Lipinski definition) is 4. The zero-order valence-electron chi connectivity index (χ0n) is 14.9. The van der Waals surface area contributed by atoms with Gasteiger partial charge in [-0.15, -0.1) is 0 Å². The molecule has 1 aromatic carbocycles. The smallest absolute Gasteiger partial charge is 0.321 e. The quantitative estimate of drug-likeness (QED) is 0.740. The molecule has 1 saturated heterocycles. The van der Waals surface area contributed by atoms with Crippen molar-refractivity contribution in [3.63, 3.8) is 0 Å². The number of likely N-dealkylation sites (tertiary alicyclic amines) is 1. The number of benzene rings is 1. The van der Waals surface area contributed by atoms with Crippen LogP contribution in [0.3, 0.4) is 0 Å². The molecule has 1 atom stereocenters. The van der Waals surface area contributed by atoms with E-state index in [0.29, 0.717) is 44.2 Å². The Morgan fingerprint density at radius 2 is 2.16 bits per heavy atom. The van der Waals surface area contributed by atoms with Crippen LogP contribution in [0.1, 0.15) is 26.2 Å². The number of nitrogens with zero attached hydrogens (tertiary/aromatic N) is 1. The molecular weight excluding hydrogens is 322 g/mol. The first-order valence-corrected chi connectivity index (χ1v) is 8.69. The molecule has 3 amide bonds. The lowest BCUT2D eigenvalue weighted by Gasteiger charge is -2.33. The molecule has 1 aliphatic rings. The lowest BCUT2D eigenvalue weighted by molar-refractivity contribution is -0.121. The molecule has 1 aliphatic heterocycles. The first-order chi connectivity index (χ1) is 12.1. The first-order valence-electron chi connectivity index (χ1n) is 8.69. The second-order valence-corrected chi connectivity index (χ2v) is 6.01. The van der Waals surface area contributed by atoms with Crippen molar-refractivity contribution >= 4 is 17.6 Å². The molecule has 2 rings (SSSR count). The van der Waals surface area contributed by atoms with E-state index < -0.39 is 0 Å². The molecule has 1 fully saturated rings. The van der Waals surface area contributed by atoms with Gasteiger partial charge >= 0.3 is 6.03 Å². The number of urea groups is 1. The van der Waals surface area contributed by atoms with Crippen LogP contribution in [0, 0.1) is 0 Å². The van der Waals surface area contributed by atoms with Crippen molar-refractivity contribution in [2.75, 3.05) is 38.7 Å². The van der Waals surface area contributed by atoms with E-state index in [1.165, 1.54) is 0 Å². The number of carbonyl (C=O) groups excluding carboxylic acids is 2. The van der Waals surface area contributed by atoms with Gasteiger partial charge in [-0.05, 0) is 25.0 Å². The number of piperidine rings is 1. The van der Waals surface area contributed by atoms with Crippen LogP contribution >= 0.6 is 0 Å². The van der Waals surface area contributed by atoms with Crippen LogP contribution < -0.4 is 15.4 Å². The van der Waals surface area contributed by atoms with E-state index in [4.69, 9.17) is 9.47 Å². The molecule has 0 radical (unpaired) electrons. The van der Waals surface area contributed by atoms with E-state index in [1.54, 1.807) is 18.1 Å². The average molecular weight is 349 g/mol. The highest BCUT2D eigenvalue weighted by molar-refractivity contribution is 5.89. The van der Waals surface area contributed by atoms with Gasteiger partial charge in [0.25, 0.3) is 0 Å². The fourth-order valence-corrected chi connectivity index (χ4v) is 2.72. The van der Waals surface area contributed by atoms with Crippen molar-refractivity contribution in [2.45, 2.75) is 32.2 Å². The summed E-state index contributed by atoms with van der Waals surface area (Å²) >= 11 is 0. The lowest BCUT2D eigenvalue weighted by atomic mass is 10.1. The Labute approximate surface area is 148 Å². The summed E-state index contributed by atoms with van der Waals surface area (Å²) in [6.07, 6.45) is 2.24. The van der Waals surface area contributed by atoms with E-state index in [0.717, 1.165) is 12.8 Å². The van der Waals surface area contributed by atoms with E-state index in [1.807, 2.05) is 25.1 Å². The number of carbonyl (C=O) groups is 2. The zero-order valence-corrected chi connectivity index (χ0v) is 14.9. The highest BCUT2D eigenvalue weighted by atomic mass is 16.5. The highest BCUT2D eigenvalue weighted by Crippen LogP contribution is 2.19. The summed E-state index contributed by atoms with van der Waals surface area (Å²) in [5.74, 6) is 0.703. The minimum Gasteiger partial charge on any atom is -0.491 e. The van der Waals surface area contributed by atoms with Crippen LogP contribution in [0.4, 0.5) is 10.5 Å². The van der Waals surface area contributed by atoms with Gasteiger partial charge in [0.1, 0.15) is 12.4 Å². The largest absolute Gasteiger partial charge is 0.491 e. The Bertz CT molecular complexity index is 579. The van der Waals surface area contributed by atoms with Crippen LogP contribution in [0.15, 0.2) is 24.3 Å². The molecular formula is C18H27N3O4. The number of ether oxygens (including phenoxy) is 2. The van der Waals surface area contributed by atoms with Gasteiger partial charge in [-0.1, -0.05) is 13.0 Å². The minimum atomic E-state index is -0.163. The molecule has 1 unspecified atom stereocenters. The molecule has 7 heteroatoms. The molecule has 1 heterocycles. The van der Waals surface area contributed by atoms with Crippen molar-refractivity contribution in [1.82, 2.24) is 10.2 Å². The predicted octanol–water partition coefficient (Wildman–Crippen LogP) is 2.23. The molecule has 0 aliphatic carbocycles. The Kier molecular flexibility index (Phi) is 7.53. The van der Waals surface area contributed by atoms with Crippen LogP contribution in [0.25, 0.3) is 0 Å². The predicted molar refractivity (Wildman–Crippen MR) is 95.9 cm³/mol. The van der Waals surface area contributed by atoms with Gasteiger partial charge in [-0.25, -0.2) is 4.79 Å². The molecule has 0 aromatic heterocycles. The van der Waals surface area contributed by atoms with Crippen LogP contribution in [0.2, 0.25) is 0 Å². The molecule has 1 aromatic rings. The number of anilines is 1. The zero-order chi connectivity index (χ0) is 18.1. The monoisotopic (exact) mass is 349 g/mol. The molecule has 0 spiro atoms. The summed E-state index contributed by atoms with van der Waals surface area (Å²) in [5, 5.41) is 5.86. The lowest BCUT2D eigenvalue weighted by Crippen LogP contribution is -2.50. The maximum atomic E-state index is 12.5. The van der Waals surface area contributed by atoms with Gasteiger partial charge < -0.3 is 25.0 Å². The highest BCUT2D eigenvalue weighted by Gasteiger charge is 2.24. The first kappa shape index (κ1) is 19.1. The van der Waals surface area contributed by atoms with Gasteiger partial charge in [0.15, 0.2) is 0 Å². The third-order valence-electron chi connectivity index (χ3n) is 4.04. The van der Waals surface area contributed by atoms with Crippen molar-refractivity contribution in [3.8, 4) is 5.75 Å². The van der Waals surface area contributed by atoms with E-state index >= 15 is 0 Å². The second-order valence-electron chi connectivity index (χ2n) is 6.01. The van der Waals surface area contributed by atoms with Crippen LogP contribution in [-0.2, 0) is 9.53 Å². The number of nitrogens with one attached hydrogen (secondary N) is 2. The summed E-state index contributed by atoms with van der Waals surface area (Å²) in [4.78, 5) is 25.8. The Balaban J connectivity index is 1.88. The number of methoxy groups -OCH3 is 1. The van der Waals surface area contributed by atoms with Gasteiger partial charge in [0.2, 0.25) is 5.91 Å². The van der Waals surface area contributed by atoms with Gasteiger partial charge in [-0.2, -0.15) is 0 Å². The van der Waals surface area contributed by atoms with Crippen molar-refractivity contribution in [2.24, 2.45) is 0 Å². The molecule has 25 heavy (non-hydrogen) atoms. The molecule has 0 bridgehead atoms. The average Bonchev–Trinajstić information content (AvgIpc) is 2.62. The topological polar surface area (TPSA) is 79.9 Å². The van der Waals surface area contributed by atoms with Gasteiger partial charge in [0, 0.05) is 44.4 Å². The summed E-state index contributed by atoms with van der Waals surface area (Å²) in [7, 11) is 1.62. The van der Waals surface area contributed by atoms with Crippen molar-refractivity contribution in [3.05, 3.63) is 24.3 Å². The number of rotatable bonds is 7. The fraction of sp³-hybridized carbons (Fsp3) is 0.556. The van der Waals surface area contributed by atoms with Gasteiger partial charge in [0.05, 0.1) is 6.61 Å². The van der Waals surface area contributed by atoms with Gasteiger partial charge in [-0.3, -0.25) is 4.79 Å². The third kappa shape index (κ3) is 6.26. The summed E-state index contributed by atoms with van der Waals surface area (Å²) in [6.45, 7) is 4.01. The Morgan fingerprint density at radius 1 is 1.32 bits per heavy atom. The summed E-state index contributed by atoms with van der Waals surface area (Å²) in [5.41, 5.74) is 0.680. The maximum Gasteiger partial charge on any atom is 0.321 e. The SMILES string of the molecule is CCC(=O)NC1CCCN(C(=O)Nc2cccc(OCCOC)c2)C1. The molecule has 7 nitrogen and oxygen atoms in total. The third-order valence-corrected chi connectivity index (χ3v) is 4.04. The minimum absolute atomic E-state index is 0.0215. The maximum absolute atomic E-state index is 12.5. The molecule has 138 valence electrons. The summed E-state index contributed by atoms with van der Waals surface area (Å²) < 4.78 is 10.5. The van der Waals surface area contributed by atoms with E-state index in [2.05, 4.69) is 10.6 Å². The normalized spacial score (nSPS) is 17.0. The van der Waals surface area contributed by atoms with Crippen molar-refractivity contribution in [1.29, 1.82) is 0 Å². The fourth-order valence-electron chi connectivity index (χ4n) is 2.72. The summed E-state index contributed by atoms with van der Waals surface area (Å²) in [6, 6.07) is 7.14. The van der Waals surface area contributed by atoms with Crippen LogP contribution in [-0.4, -0.2) is 56.3 Å². The standard InChI is InChI=1S/C18H27N3O4/c1-3-17(22)19-15-7-5-9-21(13-15)18(23)20-14-6-4-8-16(12-14)25-11-10-24-2/h4,6,8,12,15H,3,5,7,9-11,13H2,1-2H3,(H,19,22)(H,20,23). The second kappa shape index (κ2) is 9.88. The molecule has 2 N–H and O–H groups in total. The van der Waals surface area contributed by atoms with E-state index in [9.17, 15) is 9.59 Å². The Hall–Kier alpha value is -2.28. The number of amides is 3. The number of hydrogen-bond donors (Lipinski definition) is 2.